The molecule has 20 heavy (non-hydrogen) atoms. The van der Waals surface area contributed by atoms with Gasteiger partial charge in [0.15, 0.2) is 0 Å². The number of thiazole rings is 1. The monoisotopic (exact) mass is 307 g/mol. The van der Waals surface area contributed by atoms with Crippen molar-refractivity contribution in [2.45, 2.75) is 19.6 Å². The van der Waals surface area contributed by atoms with Crippen LogP contribution in [0.1, 0.15) is 29.2 Å². The lowest BCUT2D eigenvalue weighted by molar-refractivity contribution is 0.0697. The first-order valence-corrected chi connectivity index (χ1v) is 8.45. The average Bonchev–Trinajstić information content (AvgIpc) is 2.87. The highest BCUT2D eigenvalue weighted by Gasteiger charge is 2.07. The number of rotatable bonds is 6. The zero-order valence-corrected chi connectivity index (χ0v) is 13.1. The Bertz CT molecular complexity index is 576. The molecule has 1 aromatic carbocycles. The van der Waals surface area contributed by atoms with Crippen LogP contribution in [-0.2, 0) is 5.75 Å². The molecule has 0 aliphatic carbocycles. The fourth-order valence-electron chi connectivity index (χ4n) is 1.68. The van der Waals surface area contributed by atoms with Crippen molar-refractivity contribution in [2.75, 3.05) is 5.75 Å². The maximum absolute atomic E-state index is 10.8. The van der Waals surface area contributed by atoms with Gasteiger partial charge in [0.2, 0.25) is 0 Å². The minimum atomic E-state index is -0.902. The normalized spacial score (nSPS) is 10.9. The summed E-state index contributed by atoms with van der Waals surface area (Å²) >= 11 is 3.56. The fraction of sp³-hybridized carbons (Fsp3) is 0.333. The Morgan fingerprint density at radius 2 is 2.05 bits per heavy atom. The second-order valence-corrected chi connectivity index (χ2v) is 6.89. The lowest BCUT2D eigenvalue weighted by atomic mass is 10.1. The van der Waals surface area contributed by atoms with Gasteiger partial charge in [0, 0.05) is 16.7 Å². The number of nitrogens with zero attached hydrogens (tertiary/aromatic N) is 1. The third-order valence-electron chi connectivity index (χ3n) is 2.66. The first-order valence-electron chi connectivity index (χ1n) is 6.42. The lowest BCUT2D eigenvalue weighted by Gasteiger charge is -2.01. The standard InChI is InChI=1S/C15H17NO2S2/c1-10(2)7-19-9-14-16-13(8-20-14)11-3-5-12(6-4-11)15(17)18/h3-6,8,10H,7,9H2,1-2H3,(H,17,18). The van der Waals surface area contributed by atoms with Gasteiger partial charge in [-0.3, -0.25) is 0 Å². The van der Waals surface area contributed by atoms with Gasteiger partial charge in [-0.2, -0.15) is 11.8 Å². The molecule has 2 aromatic rings. The molecule has 106 valence electrons. The van der Waals surface area contributed by atoms with Gasteiger partial charge >= 0.3 is 5.97 Å². The summed E-state index contributed by atoms with van der Waals surface area (Å²) in [6, 6.07) is 6.85. The molecule has 0 aliphatic heterocycles. The summed E-state index contributed by atoms with van der Waals surface area (Å²) in [5.41, 5.74) is 2.19. The highest BCUT2D eigenvalue weighted by atomic mass is 32.2. The van der Waals surface area contributed by atoms with Crippen LogP contribution in [0.2, 0.25) is 0 Å². The second kappa shape index (κ2) is 6.90. The van der Waals surface area contributed by atoms with Crippen LogP contribution in [0.5, 0.6) is 0 Å². The van der Waals surface area contributed by atoms with Crippen molar-refractivity contribution >= 4 is 29.1 Å². The molecule has 0 radical (unpaired) electrons. The largest absolute Gasteiger partial charge is 0.478 e. The molecule has 0 amide bonds. The van der Waals surface area contributed by atoms with Crippen LogP contribution in [-0.4, -0.2) is 21.8 Å². The van der Waals surface area contributed by atoms with Gasteiger partial charge in [-0.15, -0.1) is 11.3 Å². The number of thioether (sulfide) groups is 1. The molecule has 1 N–H and O–H groups in total. The smallest absolute Gasteiger partial charge is 0.335 e. The molecule has 0 bridgehead atoms. The van der Waals surface area contributed by atoms with Gasteiger partial charge in [-0.25, -0.2) is 9.78 Å². The van der Waals surface area contributed by atoms with Crippen LogP contribution in [0.15, 0.2) is 29.6 Å². The van der Waals surface area contributed by atoms with E-state index in [0.717, 1.165) is 27.8 Å². The summed E-state index contributed by atoms with van der Waals surface area (Å²) in [6.45, 7) is 4.43. The first-order chi connectivity index (χ1) is 9.56. The topological polar surface area (TPSA) is 50.2 Å². The Morgan fingerprint density at radius 3 is 2.65 bits per heavy atom. The summed E-state index contributed by atoms with van der Waals surface area (Å²) in [5.74, 6) is 1.88. The van der Waals surface area contributed by atoms with Crippen molar-refractivity contribution in [1.29, 1.82) is 0 Å². The molecule has 5 heteroatoms. The first kappa shape index (κ1) is 15.1. The number of carboxylic acid groups (broad SMARTS) is 1. The summed E-state index contributed by atoms with van der Waals surface area (Å²) < 4.78 is 0. The highest BCUT2D eigenvalue weighted by molar-refractivity contribution is 7.98. The molecule has 1 heterocycles. The molecule has 1 aromatic heterocycles. The zero-order valence-electron chi connectivity index (χ0n) is 11.5. The molecule has 0 fully saturated rings. The van der Waals surface area contributed by atoms with Gasteiger partial charge in [-0.05, 0) is 23.8 Å². The van der Waals surface area contributed by atoms with E-state index in [1.807, 2.05) is 29.3 Å². The predicted octanol–water partition coefficient (Wildman–Crippen LogP) is 4.40. The number of carbonyl (C=O) groups is 1. The lowest BCUT2D eigenvalue weighted by Crippen LogP contribution is -1.95. The van der Waals surface area contributed by atoms with Crippen LogP contribution in [0.3, 0.4) is 0 Å². The minimum absolute atomic E-state index is 0.302. The van der Waals surface area contributed by atoms with Gasteiger partial charge in [0.25, 0.3) is 0 Å². The van der Waals surface area contributed by atoms with E-state index in [0.29, 0.717) is 11.5 Å². The van der Waals surface area contributed by atoms with Crippen LogP contribution in [0.25, 0.3) is 11.3 Å². The molecule has 0 aliphatic rings. The quantitative estimate of drug-likeness (QED) is 0.859. The van der Waals surface area contributed by atoms with Gasteiger partial charge < -0.3 is 5.11 Å². The third kappa shape index (κ3) is 4.08. The Hall–Kier alpha value is -1.33. The highest BCUT2D eigenvalue weighted by Crippen LogP contribution is 2.25. The average molecular weight is 307 g/mol. The second-order valence-electron chi connectivity index (χ2n) is 4.92. The number of hydrogen-bond acceptors (Lipinski definition) is 4. The van der Waals surface area contributed by atoms with Crippen molar-refractivity contribution in [3.8, 4) is 11.3 Å². The molecule has 0 atom stereocenters. The van der Waals surface area contributed by atoms with E-state index in [9.17, 15) is 4.79 Å². The molecule has 0 spiro atoms. The zero-order chi connectivity index (χ0) is 14.5. The maximum Gasteiger partial charge on any atom is 0.335 e. The molecular formula is C15H17NO2S2. The van der Waals surface area contributed by atoms with Crippen LogP contribution in [0, 0.1) is 5.92 Å². The van der Waals surface area contributed by atoms with Crippen molar-refractivity contribution < 1.29 is 9.90 Å². The van der Waals surface area contributed by atoms with E-state index < -0.39 is 5.97 Å². The van der Waals surface area contributed by atoms with E-state index >= 15 is 0 Å². The number of hydrogen-bond donors (Lipinski definition) is 1. The van der Waals surface area contributed by atoms with E-state index in [1.54, 1.807) is 23.5 Å². The third-order valence-corrected chi connectivity index (χ3v) is 5.07. The molecule has 3 nitrogen and oxygen atoms in total. The Labute approximate surface area is 127 Å². The van der Waals surface area contributed by atoms with Gasteiger partial charge in [0.1, 0.15) is 5.01 Å². The van der Waals surface area contributed by atoms with E-state index in [-0.39, 0.29) is 0 Å². The van der Waals surface area contributed by atoms with E-state index in [4.69, 9.17) is 5.11 Å². The number of carboxylic acids is 1. The Morgan fingerprint density at radius 1 is 1.35 bits per heavy atom. The van der Waals surface area contributed by atoms with Crippen molar-refractivity contribution in [3.63, 3.8) is 0 Å². The van der Waals surface area contributed by atoms with Crippen molar-refractivity contribution in [1.82, 2.24) is 4.98 Å². The van der Waals surface area contributed by atoms with E-state index in [2.05, 4.69) is 18.8 Å². The molecule has 0 saturated heterocycles. The molecular weight excluding hydrogens is 290 g/mol. The number of benzene rings is 1. The Balaban J connectivity index is 2.02. The number of aromatic carboxylic acids is 1. The summed E-state index contributed by atoms with van der Waals surface area (Å²) in [7, 11) is 0. The van der Waals surface area contributed by atoms with Gasteiger partial charge in [-0.1, -0.05) is 26.0 Å². The van der Waals surface area contributed by atoms with Crippen molar-refractivity contribution in [2.24, 2.45) is 5.92 Å². The SMILES string of the molecule is CC(C)CSCc1nc(-c2ccc(C(=O)O)cc2)cs1. The molecule has 0 unspecified atom stereocenters. The van der Waals surface area contributed by atoms with Crippen molar-refractivity contribution in [3.05, 3.63) is 40.2 Å². The van der Waals surface area contributed by atoms with Crippen LogP contribution in [0.4, 0.5) is 0 Å². The minimum Gasteiger partial charge on any atom is -0.478 e. The van der Waals surface area contributed by atoms with Gasteiger partial charge in [0.05, 0.1) is 11.3 Å². The van der Waals surface area contributed by atoms with Crippen LogP contribution < -0.4 is 0 Å². The Kier molecular flexibility index (Phi) is 5.20. The maximum atomic E-state index is 10.8. The molecule has 2 rings (SSSR count). The summed E-state index contributed by atoms with van der Waals surface area (Å²) in [6.07, 6.45) is 0. The predicted molar refractivity (Wildman–Crippen MR) is 85.5 cm³/mol. The molecule has 0 saturated carbocycles. The van der Waals surface area contributed by atoms with Crippen LogP contribution >= 0.6 is 23.1 Å². The summed E-state index contributed by atoms with van der Waals surface area (Å²) in [5, 5.41) is 12.0. The summed E-state index contributed by atoms with van der Waals surface area (Å²) in [4.78, 5) is 15.4. The number of aromatic nitrogens is 1. The van der Waals surface area contributed by atoms with E-state index in [1.165, 1.54) is 0 Å². The fourth-order valence-corrected chi connectivity index (χ4v) is 3.61.